The average molecular weight is 321 g/mol. The molecular weight excluding hydrogens is 302 g/mol. The Bertz CT molecular complexity index is 920. The number of carboxylic acid groups (broad SMARTS) is 1. The summed E-state index contributed by atoms with van der Waals surface area (Å²) in [5.41, 5.74) is 4.00. The molecule has 5 heteroatoms. The summed E-state index contributed by atoms with van der Waals surface area (Å²) in [6.07, 6.45) is 1.80. The minimum atomic E-state index is -0.937. The fourth-order valence-electron chi connectivity index (χ4n) is 2.66. The lowest BCUT2D eigenvalue weighted by Gasteiger charge is -2.12. The number of carbonyl (C=O) groups is 1. The van der Waals surface area contributed by atoms with Crippen molar-refractivity contribution in [3.8, 4) is 0 Å². The summed E-state index contributed by atoms with van der Waals surface area (Å²) in [6.45, 7) is 6.13. The molecule has 0 spiro atoms. The van der Waals surface area contributed by atoms with Crippen LogP contribution in [0.3, 0.4) is 0 Å². The minimum Gasteiger partial charge on any atom is -0.478 e. The van der Waals surface area contributed by atoms with Crippen molar-refractivity contribution >= 4 is 28.5 Å². The van der Waals surface area contributed by atoms with Crippen LogP contribution in [0.2, 0.25) is 0 Å². The zero-order chi connectivity index (χ0) is 17.3. The lowest BCUT2D eigenvalue weighted by Crippen LogP contribution is -2.02. The molecule has 0 aliphatic rings. The Morgan fingerprint density at radius 1 is 1.21 bits per heavy atom. The molecular formula is C19H19N3O2. The van der Waals surface area contributed by atoms with Gasteiger partial charge in [0.05, 0.1) is 11.1 Å². The summed E-state index contributed by atoms with van der Waals surface area (Å²) in [5, 5.41) is 13.2. The molecule has 0 unspecified atom stereocenters. The van der Waals surface area contributed by atoms with Gasteiger partial charge in [-0.15, -0.1) is 0 Å². The molecule has 0 radical (unpaired) electrons. The van der Waals surface area contributed by atoms with Gasteiger partial charge >= 0.3 is 5.97 Å². The number of rotatable bonds is 4. The van der Waals surface area contributed by atoms with Gasteiger partial charge in [0.15, 0.2) is 0 Å². The SMILES string of the molecule is Cc1cc(C(=O)O)ccc1Nc1ncc2cccc(C(C)C)c2n1. The second kappa shape index (κ2) is 6.28. The number of anilines is 2. The van der Waals surface area contributed by atoms with E-state index in [2.05, 4.69) is 35.2 Å². The Morgan fingerprint density at radius 2 is 2.00 bits per heavy atom. The Balaban J connectivity index is 1.99. The van der Waals surface area contributed by atoms with Crippen LogP contribution in [0, 0.1) is 6.92 Å². The average Bonchev–Trinajstić information content (AvgIpc) is 2.55. The highest BCUT2D eigenvalue weighted by atomic mass is 16.4. The number of hydrogen-bond donors (Lipinski definition) is 2. The van der Waals surface area contributed by atoms with Crippen LogP contribution in [-0.4, -0.2) is 21.0 Å². The Labute approximate surface area is 140 Å². The second-order valence-electron chi connectivity index (χ2n) is 6.09. The maximum Gasteiger partial charge on any atom is 0.335 e. The van der Waals surface area contributed by atoms with Crippen molar-refractivity contribution in [2.24, 2.45) is 0 Å². The van der Waals surface area contributed by atoms with E-state index in [0.717, 1.165) is 22.2 Å². The quantitative estimate of drug-likeness (QED) is 0.740. The number of nitrogens with zero attached hydrogens (tertiary/aromatic N) is 2. The van der Waals surface area contributed by atoms with E-state index in [1.54, 1.807) is 24.4 Å². The van der Waals surface area contributed by atoms with E-state index < -0.39 is 5.97 Å². The first-order chi connectivity index (χ1) is 11.5. The molecule has 0 amide bonds. The summed E-state index contributed by atoms with van der Waals surface area (Å²) in [7, 11) is 0. The van der Waals surface area contributed by atoms with Gasteiger partial charge in [0.2, 0.25) is 5.95 Å². The molecule has 1 aromatic heterocycles. The zero-order valence-corrected chi connectivity index (χ0v) is 13.9. The molecule has 0 aliphatic carbocycles. The summed E-state index contributed by atoms with van der Waals surface area (Å²) in [5.74, 6) is -0.0667. The van der Waals surface area contributed by atoms with Gasteiger partial charge in [-0.25, -0.2) is 14.8 Å². The number of nitrogens with one attached hydrogen (secondary N) is 1. The summed E-state index contributed by atoms with van der Waals surface area (Å²) < 4.78 is 0. The fraction of sp³-hybridized carbons (Fsp3) is 0.211. The van der Waals surface area contributed by atoms with E-state index in [1.807, 2.05) is 19.1 Å². The number of fused-ring (bicyclic) bond motifs is 1. The van der Waals surface area contributed by atoms with E-state index >= 15 is 0 Å². The largest absolute Gasteiger partial charge is 0.478 e. The molecule has 2 aromatic carbocycles. The highest BCUT2D eigenvalue weighted by Gasteiger charge is 2.10. The third-order valence-electron chi connectivity index (χ3n) is 3.98. The van der Waals surface area contributed by atoms with Crippen molar-refractivity contribution in [1.82, 2.24) is 9.97 Å². The lowest BCUT2D eigenvalue weighted by molar-refractivity contribution is 0.0697. The highest BCUT2D eigenvalue weighted by molar-refractivity contribution is 5.89. The Kier molecular flexibility index (Phi) is 4.16. The number of aryl methyl sites for hydroxylation is 1. The van der Waals surface area contributed by atoms with Gasteiger partial charge in [0.1, 0.15) is 0 Å². The van der Waals surface area contributed by atoms with Crippen molar-refractivity contribution in [2.45, 2.75) is 26.7 Å². The number of para-hydroxylation sites is 1. The van der Waals surface area contributed by atoms with Crippen molar-refractivity contribution < 1.29 is 9.90 Å². The number of aromatic carboxylic acids is 1. The Morgan fingerprint density at radius 3 is 2.67 bits per heavy atom. The van der Waals surface area contributed by atoms with E-state index in [1.165, 1.54) is 5.56 Å². The molecule has 24 heavy (non-hydrogen) atoms. The van der Waals surface area contributed by atoms with Gasteiger partial charge in [-0.1, -0.05) is 32.0 Å². The monoisotopic (exact) mass is 321 g/mol. The minimum absolute atomic E-state index is 0.263. The zero-order valence-electron chi connectivity index (χ0n) is 13.9. The first-order valence-corrected chi connectivity index (χ1v) is 7.82. The number of aromatic nitrogens is 2. The van der Waals surface area contributed by atoms with Gasteiger partial charge in [0, 0.05) is 17.3 Å². The van der Waals surface area contributed by atoms with Gasteiger partial charge in [0.25, 0.3) is 0 Å². The van der Waals surface area contributed by atoms with Crippen molar-refractivity contribution in [1.29, 1.82) is 0 Å². The van der Waals surface area contributed by atoms with E-state index in [9.17, 15) is 4.79 Å². The molecule has 1 heterocycles. The summed E-state index contributed by atoms with van der Waals surface area (Å²) >= 11 is 0. The molecule has 0 aliphatic heterocycles. The number of benzene rings is 2. The van der Waals surface area contributed by atoms with Gasteiger partial charge < -0.3 is 10.4 Å². The van der Waals surface area contributed by atoms with Crippen LogP contribution >= 0.6 is 0 Å². The van der Waals surface area contributed by atoms with Crippen LogP contribution in [0.4, 0.5) is 11.6 Å². The van der Waals surface area contributed by atoms with Crippen LogP contribution in [-0.2, 0) is 0 Å². The predicted molar refractivity (Wildman–Crippen MR) is 95.0 cm³/mol. The van der Waals surface area contributed by atoms with Crippen LogP contribution in [0.15, 0.2) is 42.6 Å². The first kappa shape index (κ1) is 15.9. The molecule has 3 aromatic rings. The molecule has 2 N–H and O–H groups in total. The number of carboxylic acids is 1. The Hall–Kier alpha value is -2.95. The van der Waals surface area contributed by atoms with Gasteiger partial charge in [-0.2, -0.15) is 0 Å². The lowest BCUT2D eigenvalue weighted by atomic mass is 10.0. The van der Waals surface area contributed by atoms with Crippen LogP contribution < -0.4 is 5.32 Å². The second-order valence-corrected chi connectivity index (χ2v) is 6.09. The van der Waals surface area contributed by atoms with Crippen molar-refractivity contribution in [3.63, 3.8) is 0 Å². The normalized spacial score (nSPS) is 11.0. The molecule has 0 atom stereocenters. The van der Waals surface area contributed by atoms with Crippen LogP contribution in [0.5, 0.6) is 0 Å². The molecule has 122 valence electrons. The maximum atomic E-state index is 11.0. The van der Waals surface area contributed by atoms with Gasteiger partial charge in [-0.3, -0.25) is 0 Å². The fourth-order valence-corrected chi connectivity index (χ4v) is 2.66. The summed E-state index contributed by atoms with van der Waals surface area (Å²) in [6, 6.07) is 11.0. The molecule has 0 saturated heterocycles. The van der Waals surface area contributed by atoms with E-state index in [0.29, 0.717) is 11.9 Å². The summed E-state index contributed by atoms with van der Waals surface area (Å²) in [4.78, 5) is 20.0. The molecule has 0 bridgehead atoms. The smallest absolute Gasteiger partial charge is 0.335 e. The van der Waals surface area contributed by atoms with E-state index in [4.69, 9.17) is 5.11 Å². The predicted octanol–water partition coefficient (Wildman–Crippen LogP) is 4.50. The van der Waals surface area contributed by atoms with Crippen LogP contribution in [0.25, 0.3) is 10.9 Å². The maximum absolute atomic E-state index is 11.0. The van der Waals surface area contributed by atoms with E-state index in [-0.39, 0.29) is 5.56 Å². The third kappa shape index (κ3) is 3.06. The molecule has 0 saturated carbocycles. The molecule has 5 nitrogen and oxygen atoms in total. The third-order valence-corrected chi connectivity index (χ3v) is 3.98. The van der Waals surface area contributed by atoms with Crippen LogP contribution in [0.1, 0.15) is 41.3 Å². The highest BCUT2D eigenvalue weighted by Crippen LogP contribution is 2.25. The first-order valence-electron chi connectivity index (χ1n) is 7.82. The van der Waals surface area contributed by atoms with Crippen molar-refractivity contribution in [3.05, 3.63) is 59.3 Å². The van der Waals surface area contributed by atoms with Gasteiger partial charge in [-0.05, 0) is 42.2 Å². The molecule has 0 fully saturated rings. The standard InChI is InChI=1S/C19H19N3O2/c1-11(2)15-6-4-5-14-10-20-19(22-17(14)15)21-16-8-7-13(18(23)24)9-12(16)3/h4-11H,1-3H3,(H,23,24)(H,20,21,22). The molecule has 3 rings (SSSR count). The van der Waals surface area contributed by atoms with Crippen molar-refractivity contribution in [2.75, 3.05) is 5.32 Å². The topological polar surface area (TPSA) is 75.1 Å². The number of hydrogen-bond acceptors (Lipinski definition) is 4.